The number of hydrogen-bond acceptors (Lipinski definition) is 3. The molecule has 21 heavy (non-hydrogen) atoms. The number of pyridine rings is 1. The van der Waals surface area contributed by atoms with Crippen molar-refractivity contribution in [3.05, 3.63) is 59.4 Å². The quantitative estimate of drug-likeness (QED) is 0.918. The molecule has 0 unspecified atom stereocenters. The van der Waals surface area contributed by atoms with Gasteiger partial charge in [-0.2, -0.15) is 13.2 Å². The van der Waals surface area contributed by atoms with Crippen LogP contribution >= 0.6 is 0 Å². The van der Waals surface area contributed by atoms with Crippen LogP contribution in [0, 0.1) is 0 Å². The Bertz CT molecular complexity index is 626. The summed E-state index contributed by atoms with van der Waals surface area (Å²) in [7, 11) is 0. The van der Waals surface area contributed by atoms with Gasteiger partial charge in [0.15, 0.2) is 0 Å². The topological polar surface area (TPSA) is 28.2 Å². The Labute approximate surface area is 120 Å². The molecule has 2 aromatic rings. The van der Waals surface area contributed by atoms with Gasteiger partial charge in [-0.3, -0.25) is 4.98 Å². The monoisotopic (exact) mass is 293 g/mol. The standard InChI is InChI=1S/C15H14F3N3/c16-15(17,18)13-2-1-11-5-8-21(10-12(11)9-13)20-14-3-6-19-7-4-14/h1-4,6-7,9H,5,8,10H2,(H,19,20). The van der Waals surface area contributed by atoms with Gasteiger partial charge in [0.1, 0.15) is 0 Å². The molecule has 0 bridgehead atoms. The predicted octanol–water partition coefficient (Wildman–Crippen LogP) is 3.49. The fraction of sp³-hybridized carbons (Fsp3) is 0.267. The summed E-state index contributed by atoms with van der Waals surface area (Å²) < 4.78 is 38.3. The lowest BCUT2D eigenvalue weighted by atomic mass is 9.98. The first kappa shape index (κ1) is 13.9. The number of nitrogens with zero attached hydrogens (tertiary/aromatic N) is 2. The zero-order chi connectivity index (χ0) is 14.9. The number of hydrogen-bond donors (Lipinski definition) is 1. The molecule has 0 atom stereocenters. The number of rotatable bonds is 2. The maximum atomic E-state index is 12.8. The van der Waals surface area contributed by atoms with E-state index in [1.54, 1.807) is 18.5 Å². The minimum absolute atomic E-state index is 0.446. The molecule has 0 saturated heterocycles. The Morgan fingerprint density at radius 3 is 2.52 bits per heavy atom. The number of alkyl halides is 3. The van der Waals surface area contributed by atoms with Crippen LogP contribution in [0.2, 0.25) is 0 Å². The SMILES string of the molecule is FC(F)(F)c1ccc2c(c1)CN(Nc1ccncc1)CC2. The highest BCUT2D eigenvalue weighted by Gasteiger charge is 2.31. The Kier molecular flexibility index (Phi) is 3.55. The lowest BCUT2D eigenvalue weighted by Crippen LogP contribution is -2.35. The van der Waals surface area contributed by atoms with Gasteiger partial charge in [-0.1, -0.05) is 6.07 Å². The van der Waals surface area contributed by atoms with Gasteiger partial charge in [0.2, 0.25) is 0 Å². The van der Waals surface area contributed by atoms with Crippen LogP contribution in [0.15, 0.2) is 42.7 Å². The van der Waals surface area contributed by atoms with E-state index < -0.39 is 11.7 Å². The molecular formula is C15H14F3N3. The van der Waals surface area contributed by atoms with Crippen LogP contribution < -0.4 is 5.43 Å². The summed E-state index contributed by atoms with van der Waals surface area (Å²) in [6, 6.07) is 7.63. The summed E-state index contributed by atoms with van der Waals surface area (Å²) in [6.07, 6.45) is -0.231. The van der Waals surface area contributed by atoms with Crippen molar-refractivity contribution in [1.29, 1.82) is 0 Å². The fourth-order valence-corrected chi connectivity index (χ4v) is 2.44. The zero-order valence-electron chi connectivity index (χ0n) is 11.2. The van der Waals surface area contributed by atoms with Crippen molar-refractivity contribution in [2.45, 2.75) is 19.1 Å². The smallest absolute Gasteiger partial charge is 0.318 e. The van der Waals surface area contributed by atoms with E-state index in [9.17, 15) is 13.2 Å². The highest BCUT2D eigenvalue weighted by atomic mass is 19.4. The van der Waals surface area contributed by atoms with Crippen LogP contribution in [-0.2, 0) is 19.1 Å². The molecule has 2 heterocycles. The lowest BCUT2D eigenvalue weighted by molar-refractivity contribution is -0.137. The third kappa shape index (κ3) is 3.16. The van der Waals surface area contributed by atoms with Crippen LogP contribution in [0.25, 0.3) is 0 Å². The molecule has 1 N–H and O–H groups in total. The molecule has 1 aromatic carbocycles. The number of aromatic nitrogens is 1. The summed E-state index contributed by atoms with van der Waals surface area (Å²) in [6.45, 7) is 1.20. The molecule has 3 nitrogen and oxygen atoms in total. The summed E-state index contributed by atoms with van der Waals surface area (Å²) >= 11 is 0. The molecule has 3 rings (SSSR count). The minimum atomic E-state index is -4.30. The summed E-state index contributed by atoms with van der Waals surface area (Å²) in [5, 5.41) is 1.91. The third-order valence-corrected chi connectivity index (χ3v) is 3.51. The Balaban J connectivity index is 1.78. The summed E-state index contributed by atoms with van der Waals surface area (Å²) in [5.41, 5.74) is 5.18. The average molecular weight is 293 g/mol. The summed E-state index contributed by atoms with van der Waals surface area (Å²) in [5.74, 6) is 0. The van der Waals surface area contributed by atoms with E-state index in [1.807, 2.05) is 17.1 Å². The van der Waals surface area contributed by atoms with E-state index in [1.165, 1.54) is 6.07 Å². The largest absolute Gasteiger partial charge is 0.416 e. The van der Waals surface area contributed by atoms with Gasteiger partial charge in [0, 0.05) is 25.5 Å². The number of benzene rings is 1. The van der Waals surface area contributed by atoms with E-state index in [0.717, 1.165) is 35.8 Å². The van der Waals surface area contributed by atoms with Crippen molar-refractivity contribution in [1.82, 2.24) is 9.99 Å². The molecule has 1 aliphatic rings. The molecular weight excluding hydrogens is 279 g/mol. The van der Waals surface area contributed by atoms with Crippen molar-refractivity contribution in [2.24, 2.45) is 0 Å². The highest BCUT2D eigenvalue weighted by molar-refractivity contribution is 5.41. The molecule has 1 aromatic heterocycles. The van der Waals surface area contributed by atoms with Gasteiger partial charge >= 0.3 is 6.18 Å². The molecule has 0 amide bonds. The van der Waals surface area contributed by atoms with Gasteiger partial charge in [0.25, 0.3) is 0 Å². The first-order valence-corrected chi connectivity index (χ1v) is 6.63. The van der Waals surface area contributed by atoms with Crippen molar-refractivity contribution in [3.8, 4) is 0 Å². The second kappa shape index (κ2) is 5.37. The predicted molar refractivity (Wildman–Crippen MR) is 73.4 cm³/mol. The molecule has 0 spiro atoms. The molecule has 1 aliphatic heterocycles. The van der Waals surface area contributed by atoms with E-state index in [0.29, 0.717) is 6.54 Å². The van der Waals surface area contributed by atoms with Gasteiger partial charge in [0.05, 0.1) is 11.3 Å². The normalized spacial score (nSPS) is 15.6. The number of nitrogens with one attached hydrogen (secondary N) is 1. The number of anilines is 1. The molecule has 0 saturated carbocycles. The molecule has 110 valence electrons. The van der Waals surface area contributed by atoms with Crippen LogP contribution in [0.4, 0.5) is 18.9 Å². The van der Waals surface area contributed by atoms with E-state index >= 15 is 0 Å². The van der Waals surface area contributed by atoms with E-state index in [-0.39, 0.29) is 0 Å². The van der Waals surface area contributed by atoms with Crippen molar-refractivity contribution in [3.63, 3.8) is 0 Å². The van der Waals surface area contributed by atoms with Gasteiger partial charge in [-0.15, -0.1) is 0 Å². The molecule has 0 fully saturated rings. The third-order valence-electron chi connectivity index (χ3n) is 3.51. The second-order valence-electron chi connectivity index (χ2n) is 5.00. The first-order chi connectivity index (χ1) is 10.0. The van der Waals surface area contributed by atoms with Gasteiger partial charge in [-0.05, 0) is 41.8 Å². The maximum absolute atomic E-state index is 12.8. The first-order valence-electron chi connectivity index (χ1n) is 6.63. The fourth-order valence-electron chi connectivity index (χ4n) is 2.44. The molecule has 6 heteroatoms. The van der Waals surface area contributed by atoms with Crippen LogP contribution in [0.1, 0.15) is 16.7 Å². The molecule has 0 aliphatic carbocycles. The average Bonchev–Trinajstić information content (AvgIpc) is 2.46. The zero-order valence-corrected chi connectivity index (χ0v) is 11.2. The van der Waals surface area contributed by atoms with Crippen molar-refractivity contribution >= 4 is 5.69 Å². The van der Waals surface area contributed by atoms with Crippen molar-refractivity contribution in [2.75, 3.05) is 12.0 Å². The van der Waals surface area contributed by atoms with E-state index in [2.05, 4.69) is 10.4 Å². The number of fused-ring (bicyclic) bond motifs is 1. The van der Waals surface area contributed by atoms with Crippen LogP contribution in [0.5, 0.6) is 0 Å². The maximum Gasteiger partial charge on any atom is 0.416 e. The number of hydrazine groups is 1. The Morgan fingerprint density at radius 1 is 1.05 bits per heavy atom. The minimum Gasteiger partial charge on any atom is -0.318 e. The Morgan fingerprint density at radius 2 is 1.81 bits per heavy atom. The van der Waals surface area contributed by atoms with E-state index in [4.69, 9.17) is 0 Å². The number of halogens is 3. The summed E-state index contributed by atoms with van der Waals surface area (Å²) in [4.78, 5) is 3.93. The van der Waals surface area contributed by atoms with Gasteiger partial charge in [-0.25, -0.2) is 5.01 Å². The second-order valence-corrected chi connectivity index (χ2v) is 5.00. The van der Waals surface area contributed by atoms with Gasteiger partial charge < -0.3 is 5.43 Å². The Hall–Kier alpha value is -2.08. The van der Waals surface area contributed by atoms with Crippen LogP contribution in [0.3, 0.4) is 0 Å². The lowest BCUT2D eigenvalue weighted by Gasteiger charge is -2.30. The van der Waals surface area contributed by atoms with Crippen molar-refractivity contribution < 1.29 is 13.2 Å². The highest BCUT2D eigenvalue weighted by Crippen LogP contribution is 2.32. The van der Waals surface area contributed by atoms with Crippen LogP contribution in [-0.4, -0.2) is 16.5 Å². The molecule has 0 radical (unpaired) electrons.